The first kappa shape index (κ1) is 25.5. The fourth-order valence-corrected chi connectivity index (χ4v) is 4.96. The van der Waals surface area contributed by atoms with E-state index in [1.165, 1.54) is 0 Å². The first-order valence-electron chi connectivity index (χ1n) is 12.0. The minimum atomic E-state index is -0.589. The van der Waals surface area contributed by atoms with Gasteiger partial charge in [-0.25, -0.2) is 4.79 Å². The molecule has 1 heterocycles. The summed E-state index contributed by atoms with van der Waals surface area (Å²) in [4.78, 5) is 13.0. The number of rotatable bonds is 6. The normalized spacial score (nSPS) is 20.4. The van der Waals surface area contributed by atoms with Gasteiger partial charge < -0.3 is 33.2 Å². The predicted octanol–water partition coefficient (Wildman–Crippen LogP) is 5.50. The molecular weight excluding hydrogens is 464 g/mol. The van der Waals surface area contributed by atoms with Crippen molar-refractivity contribution in [2.24, 2.45) is 11.8 Å². The molecule has 0 N–H and O–H groups in total. The molecule has 0 radical (unpaired) electrons. The Kier molecular flexibility index (Phi) is 7.24. The summed E-state index contributed by atoms with van der Waals surface area (Å²) in [6, 6.07) is 3.86. The molecule has 1 aliphatic carbocycles. The molecule has 0 aromatic heterocycles. The quantitative estimate of drug-likeness (QED) is 0.382. The van der Waals surface area contributed by atoms with Crippen molar-refractivity contribution in [2.75, 3.05) is 35.2 Å². The average Bonchev–Trinajstić information content (AvgIpc) is 3.36. The summed E-state index contributed by atoms with van der Waals surface area (Å²) in [5.74, 6) is 2.78. The number of esters is 1. The molecular formula is C28H34O8. The molecule has 0 saturated carbocycles. The molecule has 194 valence electrons. The Labute approximate surface area is 212 Å². The van der Waals surface area contributed by atoms with Gasteiger partial charge in [-0.15, -0.1) is 0 Å². The van der Waals surface area contributed by atoms with Gasteiger partial charge in [0.2, 0.25) is 18.3 Å². The van der Waals surface area contributed by atoms with Crippen LogP contribution in [-0.4, -0.2) is 41.2 Å². The number of allylic oxidation sites excluding steroid dienone is 1. The van der Waals surface area contributed by atoms with E-state index < -0.39 is 6.10 Å². The molecule has 2 aromatic rings. The third-order valence-corrected chi connectivity index (χ3v) is 7.23. The number of carbonyl (C=O) groups excluding carboxylic acids is 1. The second kappa shape index (κ2) is 10.2. The summed E-state index contributed by atoms with van der Waals surface area (Å²) >= 11 is 0. The summed E-state index contributed by atoms with van der Waals surface area (Å²) in [5.41, 5.74) is 3.77. The van der Waals surface area contributed by atoms with Crippen LogP contribution in [0.5, 0.6) is 34.5 Å². The maximum atomic E-state index is 13.0. The largest absolute Gasteiger partial charge is 0.493 e. The number of carbonyl (C=O) groups is 1. The maximum absolute atomic E-state index is 13.0. The van der Waals surface area contributed by atoms with Crippen LogP contribution in [0.25, 0.3) is 11.1 Å². The minimum absolute atomic E-state index is 0.0373. The first-order valence-corrected chi connectivity index (χ1v) is 12.0. The van der Waals surface area contributed by atoms with Gasteiger partial charge in [0.1, 0.15) is 6.10 Å². The van der Waals surface area contributed by atoms with Crippen LogP contribution < -0.4 is 28.4 Å². The fourth-order valence-electron chi connectivity index (χ4n) is 4.96. The zero-order valence-corrected chi connectivity index (χ0v) is 22.1. The van der Waals surface area contributed by atoms with E-state index in [4.69, 9.17) is 33.2 Å². The van der Waals surface area contributed by atoms with Gasteiger partial charge in [0, 0.05) is 28.2 Å². The highest BCUT2D eigenvalue weighted by molar-refractivity contribution is 5.90. The average molecular weight is 499 g/mol. The van der Waals surface area contributed by atoms with E-state index in [0.29, 0.717) is 52.1 Å². The second-order valence-electron chi connectivity index (χ2n) is 9.13. The highest BCUT2D eigenvalue weighted by atomic mass is 16.7. The van der Waals surface area contributed by atoms with E-state index in [9.17, 15) is 4.79 Å². The highest BCUT2D eigenvalue weighted by Crippen LogP contribution is 2.58. The summed E-state index contributed by atoms with van der Waals surface area (Å²) in [7, 11) is 6.30. The van der Waals surface area contributed by atoms with Gasteiger partial charge in [0.25, 0.3) is 0 Å². The minimum Gasteiger partial charge on any atom is -0.493 e. The molecule has 0 bridgehead atoms. The Balaban J connectivity index is 2.13. The van der Waals surface area contributed by atoms with Gasteiger partial charge >= 0.3 is 5.97 Å². The number of fused-ring (bicyclic) bond motifs is 4. The molecule has 0 fully saturated rings. The van der Waals surface area contributed by atoms with Crippen molar-refractivity contribution in [2.45, 2.75) is 40.2 Å². The van der Waals surface area contributed by atoms with Crippen LogP contribution in [0.4, 0.5) is 0 Å². The molecule has 0 amide bonds. The van der Waals surface area contributed by atoms with Crippen molar-refractivity contribution in [3.63, 3.8) is 0 Å². The van der Waals surface area contributed by atoms with Crippen molar-refractivity contribution < 1.29 is 38.0 Å². The van der Waals surface area contributed by atoms with Crippen LogP contribution in [0.1, 0.15) is 44.9 Å². The van der Waals surface area contributed by atoms with Crippen LogP contribution in [0.15, 0.2) is 23.8 Å². The zero-order chi connectivity index (χ0) is 26.1. The molecule has 0 spiro atoms. The van der Waals surface area contributed by atoms with Crippen LogP contribution in [0, 0.1) is 11.8 Å². The van der Waals surface area contributed by atoms with Crippen molar-refractivity contribution in [1.82, 2.24) is 0 Å². The van der Waals surface area contributed by atoms with E-state index in [2.05, 4.69) is 13.8 Å². The molecule has 36 heavy (non-hydrogen) atoms. The monoisotopic (exact) mass is 498 g/mol. The summed E-state index contributed by atoms with van der Waals surface area (Å²) in [5, 5.41) is 0. The topological polar surface area (TPSA) is 81.7 Å². The highest BCUT2D eigenvalue weighted by Gasteiger charge is 2.39. The van der Waals surface area contributed by atoms with Gasteiger partial charge in [0.15, 0.2) is 23.0 Å². The number of ether oxygens (including phenoxy) is 7. The summed E-state index contributed by atoms with van der Waals surface area (Å²) < 4.78 is 41.0. The Morgan fingerprint density at radius 1 is 0.944 bits per heavy atom. The van der Waals surface area contributed by atoms with Crippen molar-refractivity contribution >= 4 is 5.97 Å². The van der Waals surface area contributed by atoms with E-state index in [1.54, 1.807) is 41.4 Å². The lowest BCUT2D eigenvalue weighted by Gasteiger charge is -2.35. The number of hydrogen-bond donors (Lipinski definition) is 0. The van der Waals surface area contributed by atoms with E-state index in [-0.39, 0.29) is 24.6 Å². The number of methoxy groups -OCH3 is 4. The lowest BCUT2D eigenvalue weighted by atomic mass is 9.75. The molecule has 2 aliphatic rings. The number of hydrogen-bond acceptors (Lipinski definition) is 8. The smallest absolute Gasteiger partial charge is 0.333 e. The summed E-state index contributed by atoms with van der Waals surface area (Å²) in [6.07, 6.45) is 1.85. The molecule has 1 aliphatic heterocycles. The van der Waals surface area contributed by atoms with Crippen LogP contribution in [-0.2, 0) is 16.0 Å². The van der Waals surface area contributed by atoms with Gasteiger partial charge in [-0.1, -0.05) is 19.9 Å². The van der Waals surface area contributed by atoms with Crippen LogP contribution in [0.3, 0.4) is 0 Å². The molecule has 2 aromatic carbocycles. The number of benzene rings is 2. The first-order chi connectivity index (χ1) is 17.3. The van der Waals surface area contributed by atoms with Crippen LogP contribution in [0.2, 0.25) is 0 Å². The van der Waals surface area contributed by atoms with E-state index >= 15 is 0 Å². The van der Waals surface area contributed by atoms with Gasteiger partial charge in [-0.3, -0.25) is 0 Å². The molecule has 8 heteroatoms. The Hall–Kier alpha value is -3.55. The zero-order valence-electron chi connectivity index (χ0n) is 22.1. The SMILES string of the molecule is C/C=C(/C)C(=O)O[C@H]1c2cc(OC)c(OC)c(OC)c2-c2c(cc3c(c2OC)OCO3)C[C@H](C)[C@@H]1C. The Morgan fingerprint density at radius 2 is 1.64 bits per heavy atom. The second-order valence-corrected chi connectivity index (χ2v) is 9.13. The lowest BCUT2D eigenvalue weighted by molar-refractivity contribution is -0.148. The third kappa shape index (κ3) is 4.08. The molecule has 8 nitrogen and oxygen atoms in total. The van der Waals surface area contributed by atoms with Crippen molar-refractivity contribution in [1.29, 1.82) is 0 Å². The lowest BCUT2D eigenvalue weighted by Crippen LogP contribution is -2.27. The molecule has 0 unspecified atom stereocenters. The van der Waals surface area contributed by atoms with Crippen LogP contribution >= 0.6 is 0 Å². The standard InChI is InChI=1S/C28H34O8/c1-9-14(2)28(29)36-23-16(4)15(3)10-17-11-20-25(35-13-34-20)26(32-7)21(17)22-18(23)12-19(30-5)24(31-6)27(22)33-8/h9,11-12,15-16,23H,10,13H2,1-8H3/b14-9-/t15-,16-,23+/m0/s1. The van der Waals surface area contributed by atoms with E-state index in [1.807, 2.05) is 19.1 Å². The summed E-state index contributed by atoms with van der Waals surface area (Å²) in [6.45, 7) is 7.91. The fraction of sp³-hybridized carbons (Fsp3) is 0.464. The van der Waals surface area contributed by atoms with Crippen molar-refractivity contribution in [3.8, 4) is 45.6 Å². The van der Waals surface area contributed by atoms with Gasteiger partial charge in [-0.2, -0.15) is 0 Å². The van der Waals surface area contributed by atoms with E-state index in [0.717, 1.165) is 16.7 Å². The molecule has 0 saturated heterocycles. The Bertz CT molecular complexity index is 1200. The molecule has 3 atom stereocenters. The maximum Gasteiger partial charge on any atom is 0.333 e. The van der Waals surface area contributed by atoms with Crippen molar-refractivity contribution in [3.05, 3.63) is 34.9 Å². The molecule has 4 rings (SSSR count). The Morgan fingerprint density at radius 3 is 2.25 bits per heavy atom. The van der Waals surface area contributed by atoms with Gasteiger partial charge in [-0.05, 0) is 43.9 Å². The van der Waals surface area contributed by atoms with Gasteiger partial charge in [0.05, 0.1) is 28.4 Å². The third-order valence-electron chi connectivity index (χ3n) is 7.23. The predicted molar refractivity (Wildman–Crippen MR) is 135 cm³/mol.